The first-order chi connectivity index (χ1) is 22.8. The molecule has 6 aliphatic rings. The topological polar surface area (TPSA) is 13.0 Å². The summed E-state index contributed by atoms with van der Waals surface area (Å²) in [6, 6.07) is 6.94. The fourth-order valence-electron chi connectivity index (χ4n) is 9.04. The number of hydrogen-bond donors (Lipinski definition) is 0. The van der Waals surface area contributed by atoms with E-state index in [0.29, 0.717) is 0 Å². The minimum Gasteiger partial charge on any atom is -0.301 e. The van der Waals surface area contributed by atoms with Crippen LogP contribution in [0.1, 0.15) is 207 Å². The molecule has 6 aliphatic heterocycles. The molecule has 0 aliphatic carbocycles. The summed E-state index contributed by atoms with van der Waals surface area (Å²) in [6.45, 7) is 39.4. The Labute approximate surface area is 300 Å². The van der Waals surface area contributed by atoms with Gasteiger partial charge in [0.1, 0.15) is 0 Å². The summed E-state index contributed by atoms with van der Waals surface area (Å²) >= 11 is 0. The van der Waals surface area contributed by atoms with E-state index in [2.05, 4.69) is 61.1 Å². The summed E-state index contributed by atoms with van der Waals surface area (Å²) in [4.78, 5) is 10.9. The van der Waals surface area contributed by atoms with E-state index in [1.165, 1.54) is 122 Å². The second-order valence-electron chi connectivity index (χ2n) is 14.2. The number of fused-ring (bicyclic) bond motifs is 4. The number of nitrogens with zero attached hydrogens (tertiary/aromatic N) is 4. The lowest BCUT2D eigenvalue weighted by Gasteiger charge is -2.46. The first kappa shape index (κ1) is 49.0. The van der Waals surface area contributed by atoms with Crippen molar-refractivity contribution in [2.45, 2.75) is 255 Å². The zero-order chi connectivity index (χ0) is 36.4. The van der Waals surface area contributed by atoms with Crippen LogP contribution >= 0.6 is 0 Å². The van der Waals surface area contributed by atoms with Gasteiger partial charge in [-0.25, -0.2) is 0 Å². The van der Waals surface area contributed by atoms with Crippen molar-refractivity contribution in [2.24, 2.45) is 0 Å². The quantitative estimate of drug-likeness (QED) is 0.296. The van der Waals surface area contributed by atoms with Crippen molar-refractivity contribution < 1.29 is 0 Å². The molecule has 0 saturated carbocycles. The Morgan fingerprint density at radius 2 is 0.681 bits per heavy atom. The normalized spacial score (nSPS) is 28.5. The molecule has 4 nitrogen and oxygen atoms in total. The van der Waals surface area contributed by atoms with Gasteiger partial charge in [-0.2, -0.15) is 0 Å². The van der Waals surface area contributed by atoms with E-state index in [4.69, 9.17) is 0 Å². The van der Waals surface area contributed by atoms with Crippen molar-refractivity contribution in [2.75, 3.05) is 26.2 Å². The third-order valence-corrected chi connectivity index (χ3v) is 10.7. The molecule has 0 aromatic heterocycles. The summed E-state index contributed by atoms with van der Waals surface area (Å²) in [5.74, 6) is 0. The Morgan fingerprint density at radius 1 is 0.340 bits per heavy atom. The van der Waals surface area contributed by atoms with Crippen molar-refractivity contribution in [3.63, 3.8) is 0 Å². The average Bonchev–Trinajstić information content (AvgIpc) is 3.57. The lowest BCUT2D eigenvalue weighted by molar-refractivity contribution is 0.0321. The first-order valence-corrected chi connectivity index (χ1v) is 21.9. The highest BCUT2D eigenvalue weighted by atomic mass is 15.3. The van der Waals surface area contributed by atoms with Gasteiger partial charge in [0.15, 0.2) is 0 Å². The lowest BCUT2D eigenvalue weighted by atomic mass is 9.93. The van der Waals surface area contributed by atoms with Gasteiger partial charge in [-0.15, -0.1) is 0 Å². The molecular formula is C43H94N4. The Hall–Kier alpha value is -0.160. The van der Waals surface area contributed by atoms with Crippen LogP contribution in [-0.4, -0.2) is 94.1 Å². The molecule has 47 heavy (non-hydrogen) atoms. The van der Waals surface area contributed by atoms with E-state index in [-0.39, 0.29) is 0 Å². The molecule has 5 atom stereocenters. The maximum atomic E-state index is 2.82. The molecule has 6 rings (SSSR count). The number of likely N-dealkylation sites (tertiary alicyclic amines) is 2. The molecule has 0 aromatic rings. The SMILES string of the molecule is CC.CC.CC.CC.CC.CC(C)N1CCCCC1.CC(C)N1[C@@H]2CCC[C@H]1CC2.CC(C)N1[C@@H]2CC[C@H]1CC(N1CCCCC1)C2. The van der Waals surface area contributed by atoms with Crippen LogP contribution < -0.4 is 0 Å². The highest BCUT2D eigenvalue weighted by Crippen LogP contribution is 2.39. The average molecular weight is 667 g/mol. The summed E-state index contributed by atoms with van der Waals surface area (Å²) in [7, 11) is 0. The standard InChI is InChI=1S/C15H28N2.C10H19N.C8H17N.5C2H6/c1-12(2)17-13-6-7-14(17)11-15(10-13)16-8-4-3-5-9-16;1-8(2)11-9-4-3-5-10(11)7-6-9;1-8(2)9-6-4-3-5-7-9;5*1-2/h12-15H,3-11H2,1-2H3;8-10H,3-7H2,1-2H3;8H,3-7H2,1-2H3;5*1-2H3/t13-,14+,15?;9-,10+;;;;;;. The van der Waals surface area contributed by atoms with Gasteiger partial charge in [0, 0.05) is 48.3 Å². The van der Waals surface area contributed by atoms with Crippen LogP contribution in [0.2, 0.25) is 0 Å². The minimum absolute atomic E-state index is 0.759. The summed E-state index contributed by atoms with van der Waals surface area (Å²) in [5.41, 5.74) is 0. The van der Waals surface area contributed by atoms with Crippen LogP contribution in [0, 0.1) is 0 Å². The van der Waals surface area contributed by atoms with Crippen molar-refractivity contribution in [3.8, 4) is 0 Å². The lowest BCUT2D eigenvalue weighted by Crippen LogP contribution is -2.53. The van der Waals surface area contributed by atoms with E-state index in [1.807, 2.05) is 69.2 Å². The van der Waals surface area contributed by atoms with E-state index in [1.54, 1.807) is 0 Å². The van der Waals surface area contributed by atoms with Gasteiger partial charge in [-0.1, -0.05) is 88.5 Å². The second-order valence-corrected chi connectivity index (χ2v) is 14.2. The van der Waals surface area contributed by atoms with Gasteiger partial charge in [-0.3, -0.25) is 9.80 Å². The number of piperidine rings is 4. The first-order valence-electron chi connectivity index (χ1n) is 21.9. The van der Waals surface area contributed by atoms with Gasteiger partial charge in [0.05, 0.1) is 0 Å². The molecule has 6 saturated heterocycles. The van der Waals surface area contributed by atoms with E-state index < -0.39 is 0 Å². The Morgan fingerprint density at radius 3 is 1.00 bits per heavy atom. The summed E-state index contributed by atoms with van der Waals surface area (Å²) in [6.07, 6.45) is 21.8. The van der Waals surface area contributed by atoms with Crippen LogP contribution in [0.3, 0.4) is 0 Å². The fourth-order valence-corrected chi connectivity index (χ4v) is 9.04. The van der Waals surface area contributed by atoms with Crippen LogP contribution in [-0.2, 0) is 0 Å². The summed E-state index contributed by atoms with van der Waals surface area (Å²) in [5, 5.41) is 0. The largest absolute Gasteiger partial charge is 0.301 e. The third kappa shape index (κ3) is 17.1. The zero-order valence-electron chi connectivity index (χ0n) is 35.8. The van der Waals surface area contributed by atoms with Crippen LogP contribution in [0.25, 0.3) is 0 Å². The number of rotatable bonds is 4. The molecule has 4 bridgehead atoms. The highest BCUT2D eigenvalue weighted by Gasteiger charge is 2.43. The fraction of sp³-hybridized carbons (Fsp3) is 1.00. The van der Waals surface area contributed by atoms with E-state index in [0.717, 1.165) is 48.3 Å². The predicted octanol–water partition coefficient (Wildman–Crippen LogP) is 12.3. The molecule has 0 radical (unpaired) electrons. The molecule has 6 fully saturated rings. The molecule has 6 heterocycles. The predicted molar refractivity (Wildman–Crippen MR) is 217 cm³/mol. The molecular weight excluding hydrogens is 573 g/mol. The van der Waals surface area contributed by atoms with Crippen molar-refractivity contribution in [3.05, 3.63) is 0 Å². The second kappa shape index (κ2) is 30.6. The molecule has 1 unspecified atom stereocenters. The van der Waals surface area contributed by atoms with E-state index >= 15 is 0 Å². The third-order valence-electron chi connectivity index (χ3n) is 10.7. The van der Waals surface area contributed by atoms with Crippen LogP contribution in [0.4, 0.5) is 0 Å². The molecule has 0 spiro atoms. The maximum absolute atomic E-state index is 2.82. The van der Waals surface area contributed by atoms with Crippen LogP contribution in [0.5, 0.6) is 0 Å². The number of hydrogen-bond acceptors (Lipinski definition) is 4. The monoisotopic (exact) mass is 667 g/mol. The van der Waals surface area contributed by atoms with Gasteiger partial charge in [0.25, 0.3) is 0 Å². The molecule has 0 aromatic carbocycles. The Kier molecular flexibility index (Phi) is 31.9. The Bertz CT molecular complexity index is 608. The molecule has 0 N–H and O–H groups in total. The summed E-state index contributed by atoms with van der Waals surface area (Å²) < 4.78 is 0. The van der Waals surface area contributed by atoms with Crippen molar-refractivity contribution in [1.82, 2.24) is 19.6 Å². The highest BCUT2D eigenvalue weighted by molar-refractivity contribution is 4.99. The van der Waals surface area contributed by atoms with Crippen LogP contribution in [0.15, 0.2) is 0 Å². The van der Waals surface area contributed by atoms with Gasteiger partial charge < -0.3 is 9.80 Å². The van der Waals surface area contributed by atoms with Gasteiger partial charge in [0.2, 0.25) is 0 Å². The zero-order valence-corrected chi connectivity index (χ0v) is 35.8. The molecule has 286 valence electrons. The molecule has 0 amide bonds. The van der Waals surface area contributed by atoms with Gasteiger partial charge in [-0.05, 0) is 145 Å². The van der Waals surface area contributed by atoms with Crippen molar-refractivity contribution >= 4 is 0 Å². The minimum atomic E-state index is 0.759. The van der Waals surface area contributed by atoms with Crippen molar-refractivity contribution in [1.29, 1.82) is 0 Å². The molecule has 4 heteroatoms. The van der Waals surface area contributed by atoms with E-state index in [9.17, 15) is 0 Å². The maximum Gasteiger partial charge on any atom is 0.0125 e. The van der Waals surface area contributed by atoms with Gasteiger partial charge >= 0.3 is 0 Å². The Balaban J connectivity index is 0. The smallest absolute Gasteiger partial charge is 0.0125 e.